The minimum atomic E-state index is -0.128. The molecular weight excluding hydrogens is 336 g/mol. The van der Waals surface area contributed by atoms with E-state index in [0.29, 0.717) is 17.2 Å². The zero-order chi connectivity index (χ0) is 19.4. The van der Waals surface area contributed by atoms with Crippen LogP contribution in [0.15, 0.2) is 48.5 Å². The summed E-state index contributed by atoms with van der Waals surface area (Å²) >= 11 is 0. The Kier molecular flexibility index (Phi) is 5.94. The van der Waals surface area contributed by atoms with Crippen molar-refractivity contribution < 1.29 is 9.59 Å². The highest BCUT2D eigenvalue weighted by Gasteiger charge is 2.35. The Morgan fingerprint density at radius 3 is 2.59 bits per heavy atom. The van der Waals surface area contributed by atoms with Gasteiger partial charge in [-0.25, -0.2) is 0 Å². The first-order valence-corrected chi connectivity index (χ1v) is 9.75. The highest BCUT2D eigenvalue weighted by atomic mass is 16.2. The molecule has 27 heavy (non-hydrogen) atoms. The Labute approximate surface area is 161 Å². The van der Waals surface area contributed by atoms with Crippen molar-refractivity contribution in [2.75, 3.05) is 11.9 Å². The van der Waals surface area contributed by atoms with Gasteiger partial charge in [0.25, 0.3) is 5.91 Å². The van der Waals surface area contributed by atoms with E-state index in [9.17, 15) is 9.59 Å². The number of rotatable bonds is 5. The van der Waals surface area contributed by atoms with Crippen molar-refractivity contribution in [2.24, 2.45) is 0 Å². The molecule has 3 rings (SSSR count). The standard InChI is InChI=1S/C23H28N2O2/c1-4-20(18-9-6-5-7-10-18)22-11-8-14-25(22)23(27)19-13-12-16(2)21(15-19)24-17(3)26/h5-7,9-10,12-13,15,20,22H,4,8,11,14H2,1-3H3,(H,24,26)/t20-,22-/m0/s1. The second-order valence-corrected chi connectivity index (χ2v) is 7.34. The van der Waals surface area contributed by atoms with Gasteiger partial charge in [-0.05, 0) is 49.4 Å². The summed E-state index contributed by atoms with van der Waals surface area (Å²) in [6.07, 6.45) is 3.07. The SMILES string of the molecule is CC[C@@H](c1ccccc1)[C@@H]1CCCN1C(=O)c1ccc(C)c(NC(C)=O)c1. The number of nitrogens with one attached hydrogen (secondary N) is 1. The van der Waals surface area contributed by atoms with Crippen LogP contribution in [0.25, 0.3) is 0 Å². The molecule has 2 amide bonds. The summed E-state index contributed by atoms with van der Waals surface area (Å²) in [5.41, 5.74) is 3.60. The topological polar surface area (TPSA) is 49.4 Å². The fourth-order valence-electron chi connectivity index (χ4n) is 4.14. The number of benzene rings is 2. The first-order valence-electron chi connectivity index (χ1n) is 9.75. The van der Waals surface area contributed by atoms with Crippen molar-refractivity contribution >= 4 is 17.5 Å². The average Bonchev–Trinajstić information content (AvgIpc) is 3.13. The Morgan fingerprint density at radius 2 is 1.93 bits per heavy atom. The number of hydrogen-bond acceptors (Lipinski definition) is 2. The summed E-state index contributed by atoms with van der Waals surface area (Å²) in [4.78, 5) is 26.7. The van der Waals surface area contributed by atoms with Crippen LogP contribution in [-0.2, 0) is 4.79 Å². The molecule has 0 spiro atoms. The van der Waals surface area contributed by atoms with E-state index in [4.69, 9.17) is 0 Å². The second-order valence-electron chi connectivity index (χ2n) is 7.34. The van der Waals surface area contributed by atoms with Crippen molar-refractivity contribution in [3.8, 4) is 0 Å². The van der Waals surface area contributed by atoms with Crippen LogP contribution in [0.1, 0.15) is 60.5 Å². The quantitative estimate of drug-likeness (QED) is 0.832. The lowest BCUT2D eigenvalue weighted by Crippen LogP contribution is -2.39. The van der Waals surface area contributed by atoms with Gasteiger partial charge in [-0.15, -0.1) is 0 Å². The largest absolute Gasteiger partial charge is 0.335 e. The van der Waals surface area contributed by atoms with Gasteiger partial charge in [-0.2, -0.15) is 0 Å². The van der Waals surface area contributed by atoms with Crippen molar-refractivity contribution in [3.63, 3.8) is 0 Å². The fourth-order valence-corrected chi connectivity index (χ4v) is 4.14. The average molecular weight is 364 g/mol. The van der Waals surface area contributed by atoms with Crippen LogP contribution in [0.2, 0.25) is 0 Å². The first-order chi connectivity index (χ1) is 13.0. The monoisotopic (exact) mass is 364 g/mol. The van der Waals surface area contributed by atoms with Crippen molar-refractivity contribution in [1.82, 2.24) is 4.90 Å². The maximum Gasteiger partial charge on any atom is 0.254 e. The number of carbonyl (C=O) groups is 2. The van der Waals surface area contributed by atoms with E-state index in [-0.39, 0.29) is 17.9 Å². The molecule has 2 atom stereocenters. The Bertz CT molecular complexity index is 816. The zero-order valence-corrected chi connectivity index (χ0v) is 16.4. The molecule has 0 aromatic heterocycles. The van der Waals surface area contributed by atoms with E-state index < -0.39 is 0 Å². The van der Waals surface area contributed by atoms with E-state index in [0.717, 1.165) is 31.4 Å². The molecule has 1 heterocycles. The van der Waals surface area contributed by atoms with Crippen LogP contribution in [0.4, 0.5) is 5.69 Å². The Balaban J connectivity index is 1.86. The summed E-state index contributed by atoms with van der Waals surface area (Å²) < 4.78 is 0. The molecule has 142 valence electrons. The molecule has 1 fully saturated rings. The van der Waals surface area contributed by atoms with E-state index >= 15 is 0 Å². The zero-order valence-electron chi connectivity index (χ0n) is 16.4. The van der Waals surface area contributed by atoms with Gasteiger partial charge in [0.1, 0.15) is 0 Å². The maximum atomic E-state index is 13.3. The molecule has 1 N–H and O–H groups in total. The van der Waals surface area contributed by atoms with Crippen LogP contribution in [0, 0.1) is 6.92 Å². The summed E-state index contributed by atoms with van der Waals surface area (Å²) in [6, 6.07) is 16.3. The van der Waals surface area contributed by atoms with Crippen LogP contribution in [0.5, 0.6) is 0 Å². The van der Waals surface area contributed by atoms with E-state index in [1.165, 1.54) is 12.5 Å². The van der Waals surface area contributed by atoms with Crippen molar-refractivity contribution in [1.29, 1.82) is 0 Å². The minimum absolute atomic E-state index is 0.0542. The molecule has 1 saturated heterocycles. The molecule has 0 bridgehead atoms. The van der Waals surface area contributed by atoms with E-state index in [2.05, 4.69) is 36.5 Å². The smallest absolute Gasteiger partial charge is 0.254 e. The maximum absolute atomic E-state index is 13.3. The molecule has 0 aliphatic carbocycles. The van der Waals surface area contributed by atoms with Gasteiger partial charge in [0.2, 0.25) is 5.91 Å². The molecule has 0 unspecified atom stereocenters. The van der Waals surface area contributed by atoms with Gasteiger partial charge in [0, 0.05) is 36.7 Å². The van der Waals surface area contributed by atoms with Gasteiger partial charge < -0.3 is 10.2 Å². The molecule has 0 radical (unpaired) electrons. The van der Waals surface area contributed by atoms with Crippen LogP contribution in [0.3, 0.4) is 0 Å². The van der Waals surface area contributed by atoms with Gasteiger partial charge in [0.05, 0.1) is 0 Å². The highest BCUT2D eigenvalue weighted by Crippen LogP contribution is 2.34. The third-order valence-electron chi connectivity index (χ3n) is 5.49. The van der Waals surface area contributed by atoms with Crippen LogP contribution >= 0.6 is 0 Å². The Morgan fingerprint density at radius 1 is 1.19 bits per heavy atom. The summed E-state index contributed by atoms with van der Waals surface area (Å²) in [6.45, 7) is 6.40. The minimum Gasteiger partial charge on any atom is -0.335 e. The number of aryl methyl sites for hydroxylation is 1. The second kappa shape index (κ2) is 8.38. The number of likely N-dealkylation sites (tertiary alicyclic amines) is 1. The predicted octanol–water partition coefficient (Wildman–Crippen LogP) is 4.75. The lowest BCUT2D eigenvalue weighted by Gasteiger charge is -2.32. The van der Waals surface area contributed by atoms with Crippen molar-refractivity contribution in [2.45, 2.75) is 52.0 Å². The summed E-state index contributed by atoms with van der Waals surface area (Å²) in [5.74, 6) is 0.272. The molecule has 4 heteroatoms. The summed E-state index contributed by atoms with van der Waals surface area (Å²) in [7, 11) is 0. The van der Waals surface area contributed by atoms with Crippen LogP contribution < -0.4 is 5.32 Å². The normalized spacial score (nSPS) is 17.6. The highest BCUT2D eigenvalue weighted by molar-refractivity contribution is 5.97. The molecule has 1 aliphatic rings. The molecule has 0 saturated carbocycles. The third-order valence-corrected chi connectivity index (χ3v) is 5.49. The number of carbonyl (C=O) groups excluding carboxylic acids is 2. The molecule has 4 nitrogen and oxygen atoms in total. The lowest BCUT2D eigenvalue weighted by molar-refractivity contribution is -0.114. The van der Waals surface area contributed by atoms with Gasteiger partial charge in [-0.3, -0.25) is 9.59 Å². The number of nitrogens with zero attached hydrogens (tertiary/aromatic N) is 1. The van der Waals surface area contributed by atoms with Crippen molar-refractivity contribution in [3.05, 3.63) is 65.2 Å². The number of amides is 2. The van der Waals surface area contributed by atoms with E-state index in [1.54, 1.807) is 6.07 Å². The Hall–Kier alpha value is -2.62. The lowest BCUT2D eigenvalue weighted by atomic mass is 9.87. The molecule has 1 aliphatic heterocycles. The van der Waals surface area contributed by atoms with Gasteiger partial charge in [-0.1, -0.05) is 43.3 Å². The number of anilines is 1. The third kappa shape index (κ3) is 4.21. The van der Waals surface area contributed by atoms with Gasteiger partial charge >= 0.3 is 0 Å². The van der Waals surface area contributed by atoms with Crippen LogP contribution in [-0.4, -0.2) is 29.3 Å². The predicted molar refractivity (Wildman–Crippen MR) is 109 cm³/mol. The summed E-state index contributed by atoms with van der Waals surface area (Å²) in [5, 5.41) is 2.82. The fraction of sp³-hybridized carbons (Fsp3) is 0.391. The molecule has 2 aromatic carbocycles. The molecular formula is C23H28N2O2. The first kappa shape index (κ1) is 19.2. The number of hydrogen-bond donors (Lipinski definition) is 1. The molecule has 2 aromatic rings. The van der Waals surface area contributed by atoms with E-state index in [1.807, 2.05) is 30.0 Å². The van der Waals surface area contributed by atoms with Gasteiger partial charge in [0.15, 0.2) is 0 Å².